The molecule has 86 valence electrons. The molecule has 3 nitrogen and oxygen atoms in total. The van der Waals surface area contributed by atoms with Crippen LogP contribution in [0.2, 0.25) is 0 Å². The van der Waals surface area contributed by atoms with E-state index in [1.54, 1.807) is 0 Å². The van der Waals surface area contributed by atoms with Crippen LogP contribution in [0.5, 0.6) is 0 Å². The molecule has 0 radical (unpaired) electrons. The fourth-order valence-electron chi connectivity index (χ4n) is 1.78. The van der Waals surface area contributed by atoms with Gasteiger partial charge in [0.1, 0.15) is 0 Å². The van der Waals surface area contributed by atoms with Crippen LogP contribution >= 0.6 is 10.7 Å². The zero-order chi connectivity index (χ0) is 11.3. The van der Waals surface area contributed by atoms with Crippen molar-refractivity contribution in [1.29, 1.82) is 0 Å². The normalized spacial score (nSPS) is 19.6. The van der Waals surface area contributed by atoms with E-state index in [-0.39, 0.29) is 0 Å². The van der Waals surface area contributed by atoms with Gasteiger partial charge >= 0.3 is 9.05 Å². The highest BCUT2D eigenvalue weighted by molar-refractivity contribution is 8.17. The highest BCUT2D eigenvalue weighted by Gasteiger charge is 2.16. The maximum atomic E-state index is 10.6. The molecule has 0 amide bonds. The second-order valence-electron chi connectivity index (χ2n) is 3.80. The first-order valence-electron chi connectivity index (χ1n) is 5.18. The Balaban J connectivity index is 2.33. The average Bonchev–Trinajstić information content (AvgIpc) is 2.17. The summed E-state index contributed by atoms with van der Waals surface area (Å²) in [5.41, 5.74) is 0. The third-order valence-electron chi connectivity index (χ3n) is 2.74. The van der Waals surface area contributed by atoms with E-state index in [0.717, 1.165) is 32.5 Å². The predicted octanol–water partition coefficient (Wildman–Crippen LogP) is 1.64. The van der Waals surface area contributed by atoms with Crippen molar-refractivity contribution in [3.8, 4) is 11.2 Å². The molecule has 15 heavy (non-hydrogen) atoms. The zero-order valence-corrected chi connectivity index (χ0v) is 10.4. The fraction of sp³-hybridized carbons (Fsp3) is 0.800. The third kappa shape index (κ3) is 5.41. The summed E-state index contributed by atoms with van der Waals surface area (Å²) >= 11 is 0. The summed E-state index contributed by atoms with van der Waals surface area (Å²) in [6.07, 6.45) is 2.85. The monoisotopic (exact) mass is 249 g/mol. The van der Waals surface area contributed by atoms with Crippen LogP contribution in [-0.4, -0.2) is 33.0 Å². The molecule has 0 aromatic heterocycles. The second kappa shape index (κ2) is 5.74. The quantitative estimate of drug-likeness (QED) is 0.552. The summed E-state index contributed by atoms with van der Waals surface area (Å²) in [5.74, 6) is 3.17. The van der Waals surface area contributed by atoms with Gasteiger partial charge in [-0.05, 0) is 38.4 Å². The molecule has 1 aliphatic heterocycles. The van der Waals surface area contributed by atoms with E-state index >= 15 is 0 Å². The molecule has 0 aliphatic carbocycles. The van der Waals surface area contributed by atoms with Gasteiger partial charge in [0.05, 0.1) is 0 Å². The van der Waals surface area contributed by atoms with E-state index in [9.17, 15) is 8.42 Å². The molecule has 0 bridgehead atoms. The van der Waals surface area contributed by atoms with Crippen LogP contribution in [0.4, 0.5) is 0 Å². The maximum Gasteiger partial charge on any atom is 0.300 e. The molecule has 0 spiro atoms. The van der Waals surface area contributed by atoms with Crippen LogP contribution in [0, 0.1) is 17.1 Å². The predicted molar refractivity (Wildman–Crippen MR) is 62.0 cm³/mol. The Morgan fingerprint density at radius 3 is 2.47 bits per heavy atom. The Morgan fingerprint density at radius 1 is 1.40 bits per heavy atom. The summed E-state index contributed by atoms with van der Waals surface area (Å²) in [5, 5.41) is 2.07. The van der Waals surface area contributed by atoms with Gasteiger partial charge in [-0.25, -0.2) is 0 Å². The van der Waals surface area contributed by atoms with Crippen molar-refractivity contribution < 1.29 is 8.42 Å². The van der Waals surface area contributed by atoms with Crippen LogP contribution in [0.1, 0.15) is 26.2 Å². The van der Waals surface area contributed by atoms with Crippen LogP contribution in [0.25, 0.3) is 0 Å². The molecule has 0 aromatic rings. The van der Waals surface area contributed by atoms with Gasteiger partial charge in [0.25, 0.3) is 0 Å². The Hall–Kier alpha value is -0.240. The van der Waals surface area contributed by atoms with E-state index in [2.05, 4.69) is 23.0 Å². The van der Waals surface area contributed by atoms with Crippen molar-refractivity contribution in [3.05, 3.63) is 0 Å². The first kappa shape index (κ1) is 12.8. The maximum absolute atomic E-state index is 10.6. The number of hydrogen-bond donors (Lipinski definition) is 0. The van der Waals surface area contributed by atoms with E-state index in [4.69, 9.17) is 10.7 Å². The SMILES string of the molecule is CCN1CCC(CC#CS(=O)(=O)Cl)CC1. The van der Waals surface area contributed by atoms with Crippen LogP contribution in [-0.2, 0) is 9.05 Å². The van der Waals surface area contributed by atoms with Crippen molar-refractivity contribution in [2.24, 2.45) is 5.92 Å². The number of nitrogens with zero attached hydrogens (tertiary/aromatic N) is 1. The molecule has 0 N–H and O–H groups in total. The minimum absolute atomic E-state index is 0.527. The Bertz CT molecular complexity index is 347. The zero-order valence-electron chi connectivity index (χ0n) is 8.87. The molecule has 0 saturated carbocycles. The van der Waals surface area contributed by atoms with E-state index < -0.39 is 9.05 Å². The van der Waals surface area contributed by atoms with Crippen molar-refractivity contribution in [1.82, 2.24) is 4.90 Å². The van der Waals surface area contributed by atoms with E-state index in [1.807, 2.05) is 0 Å². The lowest BCUT2D eigenvalue weighted by atomic mass is 9.94. The van der Waals surface area contributed by atoms with Gasteiger partial charge in [-0.15, -0.1) is 0 Å². The van der Waals surface area contributed by atoms with Gasteiger partial charge in [-0.1, -0.05) is 12.8 Å². The Kier molecular flexibility index (Phi) is 4.91. The summed E-state index contributed by atoms with van der Waals surface area (Å²) in [7, 11) is 1.35. The van der Waals surface area contributed by atoms with Gasteiger partial charge < -0.3 is 4.90 Å². The highest BCUT2D eigenvalue weighted by atomic mass is 35.7. The lowest BCUT2D eigenvalue weighted by Crippen LogP contribution is -2.33. The molecule has 1 saturated heterocycles. The Labute approximate surface area is 96.2 Å². The van der Waals surface area contributed by atoms with E-state index in [0.29, 0.717) is 12.3 Å². The molecule has 1 rings (SSSR count). The first-order chi connectivity index (χ1) is 7.01. The van der Waals surface area contributed by atoms with Gasteiger partial charge in [0.15, 0.2) is 0 Å². The average molecular weight is 250 g/mol. The summed E-state index contributed by atoms with van der Waals surface area (Å²) in [4.78, 5) is 2.39. The smallest absolute Gasteiger partial charge is 0.300 e. The van der Waals surface area contributed by atoms with Crippen molar-refractivity contribution in [2.75, 3.05) is 19.6 Å². The minimum Gasteiger partial charge on any atom is -0.304 e. The van der Waals surface area contributed by atoms with Gasteiger partial charge in [-0.3, -0.25) is 0 Å². The number of hydrogen-bond acceptors (Lipinski definition) is 3. The molecule has 0 atom stereocenters. The standard InChI is InChI=1S/C10H16ClNO2S/c1-2-12-7-5-10(6-8-12)4-3-9-15(11,13)14/h10H,2,4-8H2,1H3. The number of piperidine rings is 1. The second-order valence-corrected chi connectivity index (χ2v) is 6.10. The summed E-state index contributed by atoms with van der Waals surface area (Å²) in [6.45, 7) is 5.43. The summed E-state index contributed by atoms with van der Waals surface area (Å²) in [6, 6.07) is 0. The Morgan fingerprint density at radius 2 is 2.00 bits per heavy atom. The topological polar surface area (TPSA) is 37.4 Å². The third-order valence-corrected chi connectivity index (χ3v) is 3.36. The molecule has 1 heterocycles. The fourth-order valence-corrected chi connectivity index (χ4v) is 2.20. The summed E-state index contributed by atoms with van der Waals surface area (Å²) < 4.78 is 21.1. The number of rotatable bonds is 2. The molecular formula is C10H16ClNO2S. The molecule has 5 heteroatoms. The van der Waals surface area contributed by atoms with Crippen molar-refractivity contribution in [3.63, 3.8) is 0 Å². The lowest BCUT2D eigenvalue weighted by Gasteiger charge is -2.29. The minimum atomic E-state index is -3.64. The van der Waals surface area contributed by atoms with E-state index in [1.165, 1.54) is 0 Å². The largest absolute Gasteiger partial charge is 0.304 e. The van der Waals surface area contributed by atoms with Crippen LogP contribution in [0.3, 0.4) is 0 Å². The molecule has 1 fully saturated rings. The number of likely N-dealkylation sites (tertiary alicyclic amines) is 1. The van der Waals surface area contributed by atoms with Crippen molar-refractivity contribution in [2.45, 2.75) is 26.2 Å². The molecule has 0 aromatic carbocycles. The molecule has 0 unspecified atom stereocenters. The van der Waals surface area contributed by atoms with Crippen LogP contribution in [0.15, 0.2) is 0 Å². The molecular weight excluding hydrogens is 234 g/mol. The van der Waals surface area contributed by atoms with Gasteiger partial charge in [0.2, 0.25) is 0 Å². The number of halogens is 1. The highest BCUT2D eigenvalue weighted by Crippen LogP contribution is 2.19. The first-order valence-corrected chi connectivity index (χ1v) is 7.49. The van der Waals surface area contributed by atoms with Crippen LogP contribution < -0.4 is 0 Å². The lowest BCUT2D eigenvalue weighted by molar-refractivity contribution is 0.194. The van der Waals surface area contributed by atoms with Gasteiger partial charge in [0, 0.05) is 22.4 Å². The van der Waals surface area contributed by atoms with Crippen molar-refractivity contribution >= 4 is 19.7 Å². The van der Waals surface area contributed by atoms with Gasteiger partial charge in [-0.2, -0.15) is 8.42 Å². The molecule has 1 aliphatic rings.